The number of thiophene rings is 1. The van der Waals surface area contributed by atoms with Gasteiger partial charge in [0.05, 0.1) is 23.4 Å². The fourth-order valence-corrected chi connectivity index (χ4v) is 5.71. The van der Waals surface area contributed by atoms with E-state index in [1.165, 1.54) is 10.4 Å². The summed E-state index contributed by atoms with van der Waals surface area (Å²) in [5, 5.41) is 7.56. The Balaban J connectivity index is 1.70. The van der Waals surface area contributed by atoms with Gasteiger partial charge in [-0.25, -0.2) is 0 Å². The fraction of sp³-hybridized carbons (Fsp3) is 0.389. The molecular formula is C18H20IN3O3S. The van der Waals surface area contributed by atoms with Gasteiger partial charge in [-0.15, -0.1) is 11.3 Å². The van der Waals surface area contributed by atoms with Crippen LogP contribution in [-0.4, -0.2) is 38.6 Å². The molecular weight excluding hydrogens is 465 g/mol. The lowest BCUT2D eigenvalue weighted by molar-refractivity contribution is 0.0934. The first-order valence-corrected chi connectivity index (χ1v) is 10.2. The first-order chi connectivity index (χ1) is 12.5. The van der Waals surface area contributed by atoms with Gasteiger partial charge in [-0.05, 0) is 59.3 Å². The number of methoxy groups -OCH3 is 2. The van der Waals surface area contributed by atoms with Crippen molar-refractivity contribution < 1.29 is 14.3 Å². The van der Waals surface area contributed by atoms with Crippen molar-refractivity contribution in [1.82, 2.24) is 10.2 Å². The second kappa shape index (κ2) is 6.90. The van der Waals surface area contributed by atoms with Crippen molar-refractivity contribution >= 4 is 44.8 Å². The molecule has 4 rings (SSSR count). The van der Waals surface area contributed by atoms with Gasteiger partial charge in [-0.1, -0.05) is 0 Å². The van der Waals surface area contributed by atoms with Crippen LogP contribution < -0.4 is 20.1 Å². The van der Waals surface area contributed by atoms with Crippen LogP contribution in [0.2, 0.25) is 0 Å². The van der Waals surface area contributed by atoms with Gasteiger partial charge in [0.15, 0.2) is 11.5 Å². The lowest BCUT2D eigenvalue weighted by Crippen LogP contribution is -2.38. The highest BCUT2D eigenvalue weighted by Crippen LogP contribution is 2.42. The van der Waals surface area contributed by atoms with Crippen LogP contribution in [0.4, 0.5) is 5.00 Å². The maximum atomic E-state index is 12.8. The van der Waals surface area contributed by atoms with Gasteiger partial charge in [-0.2, -0.15) is 0 Å². The number of ether oxygens (including phenoxy) is 2. The molecule has 1 aromatic heterocycles. The molecule has 1 amide bonds. The molecule has 0 radical (unpaired) electrons. The predicted molar refractivity (Wildman–Crippen MR) is 110 cm³/mol. The zero-order valence-corrected chi connectivity index (χ0v) is 17.8. The molecule has 0 unspecified atom stereocenters. The Labute approximate surface area is 170 Å². The van der Waals surface area contributed by atoms with E-state index < -0.39 is 0 Å². The first kappa shape index (κ1) is 17.9. The molecule has 138 valence electrons. The van der Waals surface area contributed by atoms with E-state index in [1.54, 1.807) is 25.6 Å². The minimum atomic E-state index is -0.291. The molecule has 1 aromatic carbocycles. The standard InChI is InChI=1S/C18H20IN3O3S/c1-22-5-4-10-13(8-22)26-18-14(10)17(23)20-16(21-18)9-6-11(19)15(25-3)12(7-9)24-2/h6-7,16,21H,4-5,8H2,1-3H3,(H,20,23)/t16-/m1/s1. The molecule has 26 heavy (non-hydrogen) atoms. The van der Waals surface area contributed by atoms with Crippen molar-refractivity contribution in [3.05, 3.63) is 37.3 Å². The van der Waals surface area contributed by atoms with Crippen molar-refractivity contribution in [3.63, 3.8) is 0 Å². The zero-order chi connectivity index (χ0) is 18.4. The molecule has 0 bridgehead atoms. The van der Waals surface area contributed by atoms with Crippen molar-refractivity contribution in [3.8, 4) is 11.5 Å². The Morgan fingerprint density at radius 1 is 1.27 bits per heavy atom. The van der Waals surface area contributed by atoms with E-state index in [9.17, 15) is 4.79 Å². The van der Waals surface area contributed by atoms with Crippen molar-refractivity contribution in [2.45, 2.75) is 19.1 Å². The molecule has 2 N–H and O–H groups in total. The number of amides is 1. The molecule has 0 fully saturated rings. The summed E-state index contributed by atoms with van der Waals surface area (Å²) in [6.45, 7) is 1.89. The van der Waals surface area contributed by atoms with Gasteiger partial charge < -0.3 is 25.0 Å². The Hall–Kier alpha value is -1.52. The monoisotopic (exact) mass is 485 g/mol. The average Bonchev–Trinajstić information content (AvgIpc) is 2.98. The number of carbonyl (C=O) groups is 1. The number of carbonyl (C=O) groups excluding carboxylic acids is 1. The van der Waals surface area contributed by atoms with Crippen LogP contribution in [0.5, 0.6) is 11.5 Å². The summed E-state index contributed by atoms with van der Waals surface area (Å²) < 4.78 is 11.8. The SMILES string of the molecule is COc1cc([C@@H]2NC(=O)c3c(sc4c3CCN(C)C4)N2)cc(I)c1OC. The third-order valence-electron chi connectivity index (χ3n) is 4.81. The van der Waals surface area contributed by atoms with Gasteiger partial charge in [-0.3, -0.25) is 4.79 Å². The fourth-order valence-electron chi connectivity index (χ4n) is 3.51. The number of halogens is 1. The molecule has 2 aromatic rings. The summed E-state index contributed by atoms with van der Waals surface area (Å²) in [5.41, 5.74) is 2.97. The van der Waals surface area contributed by atoms with E-state index in [4.69, 9.17) is 9.47 Å². The van der Waals surface area contributed by atoms with Crippen LogP contribution in [0, 0.1) is 3.57 Å². The Morgan fingerprint density at radius 3 is 2.81 bits per heavy atom. The number of rotatable bonds is 3. The van der Waals surface area contributed by atoms with Crippen LogP contribution in [-0.2, 0) is 13.0 Å². The van der Waals surface area contributed by atoms with E-state index in [0.717, 1.165) is 39.2 Å². The van der Waals surface area contributed by atoms with Crippen molar-refractivity contribution in [2.24, 2.45) is 0 Å². The van der Waals surface area contributed by atoms with Crippen LogP contribution in [0.15, 0.2) is 12.1 Å². The maximum absolute atomic E-state index is 12.8. The molecule has 3 heterocycles. The highest BCUT2D eigenvalue weighted by Gasteiger charge is 2.33. The number of fused-ring (bicyclic) bond motifs is 3. The lowest BCUT2D eigenvalue weighted by atomic mass is 10.0. The summed E-state index contributed by atoms with van der Waals surface area (Å²) in [7, 11) is 5.36. The first-order valence-electron chi connectivity index (χ1n) is 8.33. The third kappa shape index (κ3) is 2.93. The molecule has 0 saturated carbocycles. The molecule has 0 spiro atoms. The van der Waals surface area contributed by atoms with E-state index >= 15 is 0 Å². The van der Waals surface area contributed by atoms with Gasteiger partial charge in [0.2, 0.25) is 0 Å². The molecule has 8 heteroatoms. The molecule has 2 aliphatic heterocycles. The van der Waals surface area contributed by atoms with Gasteiger partial charge in [0.25, 0.3) is 5.91 Å². The second-order valence-corrected chi connectivity index (χ2v) is 8.75. The van der Waals surface area contributed by atoms with E-state index in [2.05, 4.69) is 45.2 Å². The van der Waals surface area contributed by atoms with Crippen LogP contribution >= 0.6 is 33.9 Å². The Morgan fingerprint density at radius 2 is 2.08 bits per heavy atom. The summed E-state index contributed by atoms with van der Waals surface area (Å²) in [5.74, 6) is 1.35. The van der Waals surface area contributed by atoms with E-state index in [0.29, 0.717) is 11.5 Å². The largest absolute Gasteiger partial charge is 0.493 e. The number of benzene rings is 1. The van der Waals surface area contributed by atoms with Crippen LogP contribution in [0.3, 0.4) is 0 Å². The summed E-state index contributed by atoms with van der Waals surface area (Å²) >= 11 is 3.91. The topological polar surface area (TPSA) is 62.8 Å². The summed E-state index contributed by atoms with van der Waals surface area (Å²) in [6, 6.07) is 3.91. The Kier molecular flexibility index (Phi) is 4.74. The van der Waals surface area contributed by atoms with Crippen LogP contribution in [0.25, 0.3) is 0 Å². The van der Waals surface area contributed by atoms with Gasteiger partial charge in [0.1, 0.15) is 11.2 Å². The second-order valence-electron chi connectivity index (χ2n) is 6.48. The molecule has 2 aliphatic rings. The summed E-state index contributed by atoms with van der Waals surface area (Å²) in [4.78, 5) is 16.4. The number of hydrogen-bond donors (Lipinski definition) is 2. The number of nitrogens with one attached hydrogen (secondary N) is 2. The molecule has 0 aliphatic carbocycles. The summed E-state index contributed by atoms with van der Waals surface area (Å²) in [6.07, 6.45) is 0.632. The van der Waals surface area contributed by atoms with Crippen LogP contribution in [0.1, 0.15) is 32.5 Å². The Bertz CT molecular complexity index is 883. The molecule has 1 atom stereocenters. The van der Waals surface area contributed by atoms with Crippen molar-refractivity contribution in [2.75, 3.05) is 33.1 Å². The van der Waals surface area contributed by atoms with Crippen molar-refractivity contribution in [1.29, 1.82) is 0 Å². The number of anilines is 1. The number of likely N-dealkylation sites (N-methyl/N-ethyl adjacent to an activating group) is 1. The number of nitrogens with zero attached hydrogens (tertiary/aromatic N) is 1. The number of hydrogen-bond acceptors (Lipinski definition) is 6. The highest BCUT2D eigenvalue weighted by molar-refractivity contribution is 14.1. The zero-order valence-electron chi connectivity index (χ0n) is 14.8. The smallest absolute Gasteiger partial charge is 0.256 e. The average molecular weight is 485 g/mol. The maximum Gasteiger partial charge on any atom is 0.256 e. The van der Waals surface area contributed by atoms with Gasteiger partial charge >= 0.3 is 0 Å². The molecule has 0 saturated heterocycles. The van der Waals surface area contributed by atoms with Gasteiger partial charge in [0, 0.05) is 18.0 Å². The molecule has 6 nitrogen and oxygen atoms in total. The van der Waals surface area contributed by atoms with E-state index in [-0.39, 0.29) is 12.1 Å². The minimum absolute atomic E-state index is 0.00408. The van der Waals surface area contributed by atoms with E-state index in [1.807, 2.05) is 12.1 Å². The normalized spacial score (nSPS) is 19.2. The predicted octanol–water partition coefficient (Wildman–Crippen LogP) is 3.21. The third-order valence-corrected chi connectivity index (χ3v) is 6.76. The lowest BCUT2D eigenvalue weighted by Gasteiger charge is -2.28. The minimum Gasteiger partial charge on any atom is -0.493 e. The highest BCUT2D eigenvalue weighted by atomic mass is 127. The quantitative estimate of drug-likeness (QED) is 0.655.